The first kappa shape index (κ1) is 12.5. The minimum absolute atomic E-state index is 0.109. The summed E-state index contributed by atoms with van der Waals surface area (Å²) >= 11 is -0.652. The number of alkyl halides is 1. The van der Waals surface area contributed by atoms with Gasteiger partial charge in [-0.25, -0.2) is 0 Å². The molecule has 0 aliphatic heterocycles. The summed E-state index contributed by atoms with van der Waals surface area (Å²) in [6.45, 7) is 0.682. The van der Waals surface area contributed by atoms with E-state index in [4.69, 9.17) is 4.84 Å². The minimum atomic E-state index is -0.652. The average Bonchev–Trinajstić information content (AvgIpc) is 2.01. The van der Waals surface area contributed by atoms with Gasteiger partial charge >= 0.3 is 81.9 Å². The zero-order valence-corrected chi connectivity index (χ0v) is 9.29. The Bertz CT molecular complexity index is 105. The molecule has 0 fully saturated rings. The molecule has 0 rings (SSSR count). The second-order valence-electron chi connectivity index (χ2n) is 1.95. The van der Waals surface area contributed by atoms with Gasteiger partial charge in [-0.15, -0.1) is 0 Å². The molecule has 0 aromatic carbocycles. The molecule has 0 heterocycles. The Labute approximate surface area is 82.1 Å². The summed E-state index contributed by atoms with van der Waals surface area (Å²) in [5.41, 5.74) is 0. The van der Waals surface area contributed by atoms with Gasteiger partial charge in [0, 0.05) is 0 Å². The van der Waals surface area contributed by atoms with Crippen molar-refractivity contribution in [2.24, 2.45) is 0 Å². The summed E-state index contributed by atoms with van der Waals surface area (Å²) in [6, 6.07) is 0. The fourth-order valence-electron chi connectivity index (χ4n) is 0.426. The Hall–Kier alpha value is 0.490. The first-order valence-electron chi connectivity index (χ1n) is 3.41. The summed E-state index contributed by atoms with van der Waals surface area (Å²) in [4.78, 5) is 4.74. The Balaban J connectivity index is 3.15. The molecule has 6 nitrogen and oxygen atoms in total. The van der Waals surface area contributed by atoms with Gasteiger partial charge in [-0.2, -0.15) is 0 Å². The normalized spacial score (nSPS) is 16.3. The van der Waals surface area contributed by atoms with Crippen LogP contribution in [-0.2, 0) is 9.57 Å². The molecule has 76 valence electrons. The second kappa shape index (κ2) is 8.10. The van der Waals surface area contributed by atoms with E-state index < -0.39 is 21.5 Å². The van der Waals surface area contributed by atoms with Gasteiger partial charge in [-0.3, -0.25) is 0 Å². The molecule has 2 N–H and O–H groups in total. The number of nitrogens with one attached hydrogen (secondary N) is 2. The number of hydrogen-bond donors (Lipinski definition) is 2. The van der Waals surface area contributed by atoms with Crippen molar-refractivity contribution in [3.8, 4) is 0 Å². The number of hydroxylamine groups is 3. The predicted molar refractivity (Wildman–Crippen MR) is 37.3 cm³/mol. The molecule has 0 saturated carbocycles. The SMILES string of the molecule is COCCO[NH+]([O-])C[I-][NH+](C)[O-]. The maximum atomic E-state index is 10.8. The molecule has 0 bridgehead atoms. The molecule has 0 aromatic heterocycles. The van der Waals surface area contributed by atoms with Crippen molar-refractivity contribution in [3.63, 3.8) is 0 Å². The van der Waals surface area contributed by atoms with E-state index in [9.17, 15) is 10.4 Å². The van der Waals surface area contributed by atoms with Crippen molar-refractivity contribution in [3.05, 3.63) is 10.4 Å². The van der Waals surface area contributed by atoms with Gasteiger partial charge in [0.15, 0.2) is 0 Å². The van der Waals surface area contributed by atoms with Crippen molar-refractivity contribution >= 4 is 0 Å². The third kappa shape index (κ3) is 8.59. The van der Waals surface area contributed by atoms with Gasteiger partial charge in [0.25, 0.3) is 0 Å². The van der Waals surface area contributed by atoms with Gasteiger partial charge in [0.05, 0.1) is 0 Å². The van der Waals surface area contributed by atoms with E-state index in [2.05, 4.69) is 4.74 Å². The van der Waals surface area contributed by atoms with E-state index >= 15 is 0 Å². The Morgan fingerprint density at radius 1 is 1.33 bits per heavy atom. The van der Waals surface area contributed by atoms with E-state index in [1.54, 1.807) is 0 Å². The van der Waals surface area contributed by atoms with Gasteiger partial charge in [-0.1, -0.05) is 0 Å². The third-order valence-electron chi connectivity index (χ3n) is 0.915. The fourth-order valence-corrected chi connectivity index (χ4v) is 1.49. The Kier molecular flexibility index (Phi) is 8.44. The van der Waals surface area contributed by atoms with Crippen LogP contribution in [0.3, 0.4) is 0 Å². The van der Waals surface area contributed by atoms with E-state index in [1.807, 2.05) is 0 Å². The van der Waals surface area contributed by atoms with Crippen molar-refractivity contribution in [1.29, 1.82) is 0 Å². The van der Waals surface area contributed by atoms with E-state index in [0.29, 0.717) is 6.61 Å². The molecular formula is C5H14IN2O4-. The number of halogens is 1. The van der Waals surface area contributed by atoms with E-state index in [1.165, 1.54) is 14.2 Å². The second-order valence-corrected chi connectivity index (χ2v) is 5.00. The summed E-state index contributed by atoms with van der Waals surface area (Å²) in [5.74, 6) is 0. The van der Waals surface area contributed by atoms with Gasteiger partial charge in [0.1, 0.15) is 0 Å². The average molecular weight is 293 g/mol. The molecule has 0 spiro atoms. The predicted octanol–water partition coefficient (Wildman–Crippen LogP) is -6.08. The first-order valence-corrected chi connectivity index (χ1v) is 6.01. The van der Waals surface area contributed by atoms with Crippen LogP contribution in [0.1, 0.15) is 0 Å². The van der Waals surface area contributed by atoms with Crippen molar-refractivity contribution in [2.75, 3.05) is 31.9 Å². The standard InChI is InChI=1S/C5H14IN2O4/c1-7(9)6-5-8(10)12-4-3-11-2/h7-8H,3-5H2,1-2H3/q-1. The number of quaternary nitrogens is 2. The summed E-state index contributed by atoms with van der Waals surface area (Å²) in [6.07, 6.45) is 0. The molecule has 12 heavy (non-hydrogen) atoms. The molecule has 2 unspecified atom stereocenters. The molecule has 0 aliphatic carbocycles. The van der Waals surface area contributed by atoms with Gasteiger partial charge in [0.2, 0.25) is 0 Å². The molecule has 0 aromatic rings. The summed E-state index contributed by atoms with van der Waals surface area (Å²) in [7, 11) is 3.03. The van der Waals surface area contributed by atoms with Gasteiger partial charge in [-0.05, 0) is 0 Å². The van der Waals surface area contributed by atoms with E-state index in [-0.39, 0.29) is 19.7 Å². The van der Waals surface area contributed by atoms with Crippen LogP contribution in [0.15, 0.2) is 0 Å². The Morgan fingerprint density at radius 3 is 2.50 bits per heavy atom. The number of ether oxygens (including phenoxy) is 1. The molecule has 0 radical (unpaired) electrons. The number of rotatable bonds is 7. The zero-order chi connectivity index (χ0) is 9.40. The van der Waals surface area contributed by atoms with Crippen LogP contribution >= 0.6 is 0 Å². The van der Waals surface area contributed by atoms with Crippen LogP contribution in [0.4, 0.5) is 0 Å². The topological polar surface area (TPSA) is 73.5 Å². The fraction of sp³-hybridized carbons (Fsp3) is 1.00. The molecule has 7 heteroatoms. The van der Waals surface area contributed by atoms with Crippen LogP contribution in [0.25, 0.3) is 0 Å². The summed E-state index contributed by atoms with van der Waals surface area (Å²) < 4.78 is 5.07. The zero-order valence-electron chi connectivity index (χ0n) is 7.13. The molecule has 0 saturated heterocycles. The molecule has 0 aliphatic rings. The molecule has 0 amide bonds. The summed E-state index contributed by atoms with van der Waals surface area (Å²) in [5, 5.41) is 21.0. The van der Waals surface area contributed by atoms with Crippen molar-refractivity contribution < 1.29 is 39.6 Å². The van der Waals surface area contributed by atoms with Crippen molar-refractivity contribution in [1.82, 2.24) is 0 Å². The van der Waals surface area contributed by atoms with Crippen LogP contribution in [0.5, 0.6) is 0 Å². The van der Waals surface area contributed by atoms with Crippen LogP contribution in [-0.4, -0.2) is 31.9 Å². The van der Waals surface area contributed by atoms with Crippen molar-refractivity contribution in [2.45, 2.75) is 0 Å². The quantitative estimate of drug-likeness (QED) is 0.122. The number of hydrogen-bond acceptors (Lipinski definition) is 4. The van der Waals surface area contributed by atoms with Crippen LogP contribution < -0.4 is 30.0 Å². The van der Waals surface area contributed by atoms with E-state index in [0.717, 1.165) is 0 Å². The third-order valence-corrected chi connectivity index (χ3v) is 2.99. The molecule has 2 atom stereocenters. The Morgan fingerprint density at radius 2 is 2.00 bits per heavy atom. The maximum absolute atomic E-state index is 10.8. The number of methoxy groups -OCH3 is 1. The first-order chi connectivity index (χ1) is 5.66. The monoisotopic (exact) mass is 293 g/mol. The van der Waals surface area contributed by atoms with Crippen LogP contribution in [0, 0.1) is 10.4 Å². The van der Waals surface area contributed by atoms with Crippen LogP contribution in [0.2, 0.25) is 0 Å². The molecular weight excluding hydrogens is 279 g/mol. The van der Waals surface area contributed by atoms with Gasteiger partial charge < -0.3 is 0 Å².